The Morgan fingerprint density at radius 3 is 2.52 bits per heavy atom. The second kappa shape index (κ2) is 6.97. The minimum absolute atomic E-state index is 0.0576. The van der Waals surface area contributed by atoms with Gasteiger partial charge in [0.05, 0.1) is 17.5 Å². The summed E-state index contributed by atoms with van der Waals surface area (Å²) in [5, 5.41) is 6.87. The van der Waals surface area contributed by atoms with E-state index in [1.165, 1.54) is 47.4 Å². The van der Waals surface area contributed by atoms with E-state index in [1.54, 1.807) is 13.0 Å². The van der Waals surface area contributed by atoms with Crippen molar-refractivity contribution in [3.8, 4) is 11.3 Å². The molecule has 0 spiro atoms. The Labute approximate surface area is 162 Å². The molecule has 0 saturated heterocycles. The molecule has 1 aromatic carbocycles. The van der Waals surface area contributed by atoms with Crippen LogP contribution >= 0.6 is 0 Å². The minimum atomic E-state index is -4.53. The van der Waals surface area contributed by atoms with Gasteiger partial charge >= 0.3 is 6.18 Å². The lowest BCUT2D eigenvalue weighted by Gasteiger charge is -2.13. The Hall–Kier alpha value is -3.82. The SMILES string of the molecule is Cc1cc(-c2ccccc2C(F)(F)F)nn2c(NC(=O)c3ncccn3)cnc12. The molecule has 1 N–H and O–H groups in total. The first-order valence-corrected chi connectivity index (χ1v) is 8.45. The maximum absolute atomic E-state index is 13.4. The number of fused-ring (bicyclic) bond motifs is 1. The number of carbonyl (C=O) groups is 1. The molecule has 7 nitrogen and oxygen atoms in total. The van der Waals surface area contributed by atoms with Gasteiger partial charge in [0, 0.05) is 18.0 Å². The number of carbonyl (C=O) groups excluding carboxylic acids is 1. The molecule has 29 heavy (non-hydrogen) atoms. The Bertz CT molecular complexity index is 1200. The number of rotatable bonds is 3. The highest BCUT2D eigenvalue weighted by molar-refractivity contribution is 6.01. The molecule has 0 aliphatic rings. The first-order chi connectivity index (χ1) is 13.8. The van der Waals surface area contributed by atoms with E-state index in [4.69, 9.17) is 0 Å². The van der Waals surface area contributed by atoms with Crippen LogP contribution in [0.1, 0.15) is 21.7 Å². The van der Waals surface area contributed by atoms with Gasteiger partial charge in [-0.2, -0.15) is 22.8 Å². The average Bonchev–Trinajstić information content (AvgIpc) is 3.11. The number of nitrogens with one attached hydrogen (secondary N) is 1. The van der Waals surface area contributed by atoms with Gasteiger partial charge in [0.1, 0.15) is 0 Å². The predicted octanol–water partition coefficient (Wildman–Crippen LogP) is 3.77. The summed E-state index contributed by atoms with van der Waals surface area (Å²) in [6, 6.07) is 8.28. The molecule has 146 valence electrons. The first kappa shape index (κ1) is 18.5. The highest BCUT2D eigenvalue weighted by atomic mass is 19.4. The Kier molecular flexibility index (Phi) is 4.45. The number of hydrogen-bond acceptors (Lipinski definition) is 5. The standard InChI is InChI=1S/C19H13F3N6O/c1-11-9-14(12-5-2-3-6-13(12)19(20,21)22)27-28-15(10-25-17(11)28)26-18(29)16-23-7-4-8-24-16/h2-10H,1H3,(H,26,29). The van der Waals surface area contributed by atoms with Crippen molar-refractivity contribution in [2.75, 3.05) is 5.32 Å². The quantitative estimate of drug-likeness (QED) is 0.568. The molecule has 0 unspecified atom stereocenters. The second-order valence-electron chi connectivity index (χ2n) is 6.16. The predicted molar refractivity (Wildman–Crippen MR) is 98.1 cm³/mol. The Balaban J connectivity index is 1.80. The normalized spacial score (nSPS) is 11.6. The fourth-order valence-corrected chi connectivity index (χ4v) is 2.88. The zero-order valence-electron chi connectivity index (χ0n) is 15.0. The average molecular weight is 398 g/mol. The molecule has 3 aromatic heterocycles. The zero-order valence-corrected chi connectivity index (χ0v) is 15.0. The fourth-order valence-electron chi connectivity index (χ4n) is 2.88. The summed E-state index contributed by atoms with van der Waals surface area (Å²) in [6.07, 6.45) is -0.316. The van der Waals surface area contributed by atoms with Crippen LogP contribution in [0.4, 0.5) is 19.0 Å². The molecule has 3 heterocycles. The molecule has 0 bridgehead atoms. The van der Waals surface area contributed by atoms with Crippen LogP contribution in [0.5, 0.6) is 0 Å². The summed E-state index contributed by atoms with van der Waals surface area (Å²) >= 11 is 0. The molecule has 0 aliphatic carbocycles. The van der Waals surface area contributed by atoms with E-state index in [9.17, 15) is 18.0 Å². The van der Waals surface area contributed by atoms with Crippen LogP contribution in [0, 0.1) is 6.92 Å². The van der Waals surface area contributed by atoms with Gasteiger partial charge < -0.3 is 5.32 Å². The molecular formula is C19H13F3N6O. The van der Waals surface area contributed by atoms with Gasteiger partial charge in [-0.3, -0.25) is 4.79 Å². The third-order valence-electron chi connectivity index (χ3n) is 4.17. The molecule has 1 amide bonds. The molecule has 4 aromatic rings. The van der Waals surface area contributed by atoms with E-state index in [0.29, 0.717) is 11.2 Å². The van der Waals surface area contributed by atoms with Crippen molar-refractivity contribution in [1.29, 1.82) is 0 Å². The third-order valence-corrected chi connectivity index (χ3v) is 4.17. The molecule has 10 heteroatoms. The van der Waals surface area contributed by atoms with E-state index in [-0.39, 0.29) is 22.9 Å². The van der Waals surface area contributed by atoms with E-state index in [2.05, 4.69) is 25.4 Å². The van der Waals surface area contributed by atoms with Gasteiger partial charge in [0.15, 0.2) is 11.5 Å². The highest BCUT2D eigenvalue weighted by Gasteiger charge is 2.34. The van der Waals surface area contributed by atoms with E-state index in [1.807, 2.05) is 0 Å². The van der Waals surface area contributed by atoms with E-state index in [0.717, 1.165) is 6.07 Å². The number of aromatic nitrogens is 5. The molecule has 0 aliphatic heterocycles. The largest absolute Gasteiger partial charge is 0.417 e. The summed E-state index contributed by atoms with van der Waals surface area (Å²) in [5.41, 5.74) is 0.246. The lowest BCUT2D eigenvalue weighted by atomic mass is 10.0. The second-order valence-corrected chi connectivity index (χ2v) is 6.16. The van der Waals surface area contributed by atoms with E-state index < -0.39 is 17.6 Å². The maximum atomic E-state index is 13.4. The van der Waals surface area contributed by atoms with Crippen LogP contribution in [0.15, 0.2) is 55.0 Å². The van der Waals surface area contributed by atoms with Crippen molar-refractivity contribution >= 4 is 17.4 Å². The maximum Gasteiger partial charge on any atom is 0.417 e. The number of amides is 1. The van der Waals surface area contributed by atoms with Crippen LogP contribution in [0.2, 0.25) is 0 Å². The number of alkyl halides is 3. The lowest BCUT2D eigenvalue weighted by Crippen LogP contribution is -2.17. The molecule has 0 saturated carbocycles. The van der Waals surface area contributed by atoms with Gasteiger partial charge in [-0.15, -0.1) is 0 Å². The van der Waals surface area contributed by atoms with Crippen LogP contribution in [0.3, 0.4) is 0 Å². The monoisotopic (exact) mass is 398 g/mol. The summed E-state index contributed by atoms with van der Waals surface area (Å²) in [7, 11) is 0. The van der Waals surface area contributed by atoms with Crippen molar-refractivity contribution in [1.82, 2.24) is 24.6 Å². The van der Waals surface area contributed by atoms with Crippen LogP contribution in [-0.2, 0) is 6.18 Å². The molecular weight excluding hydrogens is 385 g/mol. The van der Waals surface area contributed by atoms with Crippen LogP contribution < -0.4 is 5.32 Å². The van der Waals surface area contributed by atoms with Crippen molar-refractivity contribution in [2.24, 2.45) is 0 Å². The van der Waals surface area contributed by atoms with Crippen molar-refractivity contribution in [3.05, 3.63) is 71.9 Å². The molecule has 0 atom stereocenters. The molecule has 4 rings (SSSR count). The number of imidazole rings is 1. The van der Waals surface area contributed by atoms with Gasteiger partial charge in [0.2, 0.25) is 5.82 Å². The highest BCUT2D eigenvalue weighted by Crippen LogP contribution is 2.36. The van der Waals surface area contributed by atoms with Crippen LogP contribution in [0.25, 0.3) is 16.9 Å². The van der Waals surface area contributed by atoms with Crippen molar-refractivity contribution in [2.45, 2.75) is 13.1 Å². The van der Waals surface area contributed by atoms with Gasteiger partial charge in [0.25, 0.3) is 5.91 Å². The lowest BCUT2D eigenvalue weighted by molar-refractivity contribution is -0.137. The number of nitrogens with zero attached hydrogens (tertiary/aromatic N) is 5. The third kappa shape index (κ3) is 3.51. The number of anilines is 1. The summed E-state index contributed by atoms with van der Waals surface area (Å²) in [6.45, 7) is 1.70. The number of aryl methyl sites for hydroxylation is 1. The smallest absolute Gasteiger partial charge is 0.302 e. The Morgan fingerprint density at radius 2 is 1.79 bits per heavy atom. The molecule has 0 radical (unpaired) electrons. The summed E-state index contributed by atoms with van der Waals surface area (Å²) in [4.78, 5) is 24.2. The number of benzene rings is 1. The van der Waals surface area contributed by atoms with Crippen molar-refractivity contribution in [3.63, 3.8) is 0 Å². The first-order valence-electron chi connectivity index (χ1n) is 8.45. The van der Waals surface area contributed by atoms with Gasteiger partial charge in [-0.05, 0) is 30.7 Å². The number of hydrogen-bond donors (Lipinski definition) is 1. The summed E-state index contributed by atoms with van der Waals surface area (Å²) in [5.74, 6) is -0.461. The molecule has 0 fully saturated rings. The number of halogens is 3. The van der Waals surface area contributed by atoms with Gasteiger partial charge in [-0.25, -0.2) is 15.0 Å². The Morgan fingerprint density at radius 1 is 1.07 bits per heavy atom. The zero-order chi connectivity index (χ0) is 20.6. The van der Waals surface area contributed by atoms with E-state index >= 15 is 0 Å². The van der Waals surface area contributed by atoms with Crippen molar-refractivity contribution < 1.29 is 18.0 Å². The summed E-state index contributed by atoms with van der Waals surface area (Å²) < 4.78 is 41.5. The van der Waals surface area contributed by atoms with Gasteiger partial charge in [-0.1, -0.05) is 18.2 Å². The van der Waals surface area contributed by atoms with Crippen LogP contribution in [-0.4, -0.2) is 30.5 Å². The topological polar surface area (TPSA) is 85.1 Å². The fraction of sp³-hybridized carbons (Fsp3) is 0.105. The minimum Gasteiger partial charge on any atom is -0.302 e.